The summed E-state index contributed by atoms with van der Waals surface area (Å²) in [4.78, 5) is 1.63. The van der Waals surface area contributed by atoms with Crippen molar-refractivity contribution in [3.8, 4) is 12.3 Å². The molecule has 5 heteroatoms. The molecule has 1 heterocycles. The van der Waals surface area contributed by atoms with Crippen LogP contribution >= 0.6 is 12.9 Å². The van der Waals surface area contributed by atoms with E-state index in [4.69, 9.17) is 6.42 Å². The second-order valence-electron chi connectivity index (χ2n) is 3.30. The zero-order chi connectivity index (χ0) is 10.6. The summed E-state index contributed by atoms with van der Waals surface area (Å²) in [7, 11) is 0. The number of likely N-dealkylation sites (tertiary alicyclic amines) is 1. The molecular weight excluding hydrogens is 208 g/mol. The third-order valence-corrected chi connectivity index (χ3v) is 2.60. The minimum Gasteiger partial charge on any atom is -0.317 e. The van der Waals surface area contributed by atoms with E-state index in [0.717, 1.165) is 12.8 Å². The van der Waals surface area contributed by atoms with Crippen LogP contribution in [0.2, 0.25) is 0 Å². The van der Waals surface area contributed by atoms with Crippen molar-refractivity contribution in [3.05, 3.63) is 0 Å². The quantitative estimate of drug-likeness (QED) is 0.439. The van der Waals surface area contributed by atoms with Gasteiger partial charge in [-0.2, -0.15) is 0 Å². The molecule has 0 N–H and O–H groups in total. The van der Waals surface area contributed by atoms with E-state index in [1.807, 2.05) is 0 Å². The van der Waals surface area contributed by atoms with E-state index in [-0.39, 0.29) is 18.6 Å². The molecule has 80 valence electrons. The zero-order valence-electron chi connectivity index (χ0n) is 7.70. The van der Waals surface area contributed by atoms with Crippen molar-refractivity contribution in [3.63, 3.8) is 0 Å². The summed E-state index contributed by atoms with van der Waals surface area (Å²) in [6.45, 7) is 0.0602. The summed E-state index contributed by atoms with van der Waals surface area (Å²) in [6.07, 6.45) is 4.46. The maximum absolute atomic E-state index is 12.2. The van der Waals surface area contributed by atoms with Crippen molar-refractivity contribution >= 4 is 12.9 Å². The lowest BCUT2D eigenvalue weighted by Gasteiger charge is -2.26. The van der Waals surface area contributed by atoms with E-state index < -0.39 is 6.43 Å². The second-order valence-corrected chi connectivity index (χ2v) is 3.56. The standard InChI is InChI=1S/C9H13F2NOS/c1-2-7-3-4-8(6-13-14)12(7)5-9(10)11/h1,7-9,14H,3-6H2/t7-,8+/m0/s1. The molecule has 1 aliphatic rings. The Labute approximate surface area is 88.2 Å². The molecule has 0 saturated carbocycles. The largest absolute Gasteiger partial charge is 0.317 e. The molecule has 1 saturated heterocycles. The van der Waals surface area contributed by atoms with Crippen molar-refractivity contribution in [1.29, 1.82) is 0 Å². The molecule has 0 aliphatic carbocycles. The molecule has 0 spiro atoms. The SMILES string of the molecule is C#C[C@H]1CC[C@H](COS)N1CC(F)F. The fraction of sp³-hybridized carbons (Fsp3) is 0.778. The number of nitrogens with zero attached hydrogens (tertiary/aromatic N) is 1. The average molecular weight is 221 g/mol. The van der Waals surface area contributed by atoms with Gasteiger partial charge in [0.25, 0.3) is 6.43 Å². The van der Waals surface area contributed by atoms with E-state index in [2.05, 4.69) is 23.0 Å². The molecule has 0 radical (unpaired) electrons. The van der Waals surface area contributed by atoms with Gasteiger partial charge >= 0.3 is 0 Å². The Bertz CT molecular complexity index is 219. The molecule has 0 amide bonds. The van der Waals surface area contributed by atoms with E-state index >= 15 is 0 Å². The van der Waals surface area contributed by atoms with E-state index in [1.54, 1.807) is 4.90 Å². The molecule has 0 aromatic carbocycles. The summed E-state index contributed by atoms with van der Waals surface area (Å²) in [5, 5.41) is 0. The predicted octanol–water partition coefficient (Wildman–Crippen LogP) is 1.58. The van der Waals surface area contributed by atoms with Crippen molar-refractivity contribution < 1.29 is 13.0 Å². The fourth-order valence-corrected chi connectivity index (χ4v) is 1.99. The van der Waals surface area contributed by atoms with Crippen LogP contribution in [0.15, 0.2) is 0 Å². The molecule has 0 aromatic heterocycles. The summed E-state index contributed by atoms with van der Waals surface area (Å²) in [6, 6.07) is -0.208. The van der Waals surface area contributed by atoms with Gasteiger partial charge in [-0.3, -0.25) is 4.90 Å². The van der Waals surface area contributed by atoms with Crippen LogP contribution in [0.3, 0.4) is 0 Å². The number of rotatable bonds is 4. The van der Waals surface area contributed by atoms with Gasteiger partial charge in [0.05, 0.1) is 19.2 Å². The summed E-state index contributed by atoms with van der Waals surface area (Å²) in [5.74, 6) is 2.52. The van der Waals surface area contributed by atoms with Crippen molar-refractivity contribution in [2.45, 2.75) is 31.4 Å². The number of terminal acetylenes is 1. The maximum atomic E-state index is 12.2. The van der Waals surface area contributed by atoms with Gasteiger partial charge in [0.2, 0.25) is 0 Å². The van der Waals surface area contributed by atoms with Crippen molar-refractivity contribution in [2.75, 3.05) is 13.2 Å². The van der Waals surface area contributed by atoms with Gasteiger partial charge in [0.15, 0.2) is 0 Å². The number of thiol groups is 1. The smallest absolute Gasteiger partial charge is 0.251 e. The van der Waals surface area contributed by atoms with Crippen LogP contribution in [0.4, 0.5) is 8.78 Å². The second kappa shape index (κ2) is 5.54. The summed E-state index contributed by atoms with van der Waals surface area (Å²) >= 11 is 3.62. The lowest BCUT2D eigenvalue weighted by molar-refractivity contribution is 0.0624. The van der Waals surface area contributed by atoms with Gasteiger partial charge in [0, 0.05) is 6.04 Å². The highest BCUT2D eigenvalue weighted by molar-refractivity contribution is 7.75. The highest BCUT2D eigenvalue weighted by atomic mass is 32.1. The first-order chi connectivity index (χ1) is 6.69. The highest BCUT2D eigenvalue weighted by Crippen LogP contribution is 2.24. The lowest BCUT2D eigenvalue weighted by Crippen LogP contribution is -2.40. The zero-order valence-corrected chi connectivity index (χ0v) is 8.59. The van der Waals surface area contributed by atoms with Crippen molar-refractivity contribution in [2.24, 2.45) is 0 Å². The van der Waals surface area contributed by atoms with Crippen LogP contribution in [0.1, 0.15) is 12.8 Å². The Morgan fingerprint density at radius 1 is 1.57 bits per heavy atom. The predicted molar refractivity (Wildman–Crippen MR) is 53.3 cm³/mol. The normalized spacial score (nSPS) is 28.2. The van der Waals surface area contributed by atoms with Gasteiger partial charge in [0.1, 0.15) is 0 Å². The van der Waals surface area contributed by atoms with Crippen LogP contribution in [-0.2, 0) is 4.18 Å². The Hall–Kier alpha value is -0.310. The first-order valence-corrected chi connectivity index (χ1v) is 4.82. The van der Waals surface area contributed by atoms with E-state index in [9.17, 15) is 8.78 Å². The third-order valence-electron chi connectivity index (χ3n) is 2.45. The monoisotopic (exact) mass is 221 g/mol. The van der Waals surface area contributed by atoms with Gasteiger partial charge in [-0.1, -0.05) is 5.92 Å². The fourth-order valence-electron chi connectivity index (χ4n) is 1.82. The van der Waals surface area contributed by atoms with Crippen LogP contribution in [0.5, 0.6) is 0 Å². The number of hydrogen-bond donors (Lipinski definition) is 1. The number of hydrogen-bond acceptors (Lipinski definition) is 3. The topological polar surface area (TPSA) is 12.5 Å². The first-order valence-electron chi connectivity index (χ1n) is 4.45. The van der Waals surface area contributed by atoms with Gasteiger partial charge in [-0.25, -0.2) is 8.78 Å². The molecule has 2 nitrogen and oxygen atoms in total. The number of halogens is 2. The molecular formula is C9H13F2NOS. The lowest BCUT2D eigenvalue weighted by atomic mass is 10.2. The molecule has 2 atom stereocenters. The Morgan fingerprint density at radius 3 is 2.79 bits per heavy atom. The van der Waals surface area contributed by atoms with Crippen LogP contribution in [-0.4, -0.2) is 36.6 Å². The molecule has 0 unspecified atom stereocenters. The molecule has 0 bridgehead atoms. The minimum absolute atomic E-state index is 0.0254. The van der Waals surface area contributed by atoms with Crippen LogP contribution in [0, 0.1) is 12.3 Å². The van der Waals surface area contributed by atoms with Crippen LogP contribution < -0.4 is 0 Å². The molecule has 0 aromatic rings. The third kappa shape index (κ3) is 2.84. The van der Waals surface area contributed by atoms with Crippen LogP contribution in [0.25, 0.3) is 0 Å². The number of alkyl halides is 2. The molecule has 1 fully saturated rings. The highest BCUT2D eigenvalue weighted by Gasteiger charge is 2.33. The molecule has 1 aliphatic heterocycles. The first kappa shape index (κ1) is 11.8. The van der Waals surface area contributed by atoms with E-state index in [1.165, 1.54) is 0 Å². The minimum atomic E-state index is -2.36. The molecule has 1 rings (SSSR count). The average Bonchev–Trinajstić information content (AvgIpc) is 2.48. The van der Waals surface area contributed by atoms with Gasteiger partial charge < -0.3 is 4.18 Å². The Morgan fingerprint density at radius 2 is 2.29 bits per heavy atom. The maximum Gasteiger partial charge on any atom is 0.251 e. The van der Waals surface area contributed by atoms with Gasteiger partial charge in [-0.15, -0.1) is 6.42 Å². The Balaban J connectivity index is 2.56. The van der Waals surface area contributed by atoms with Crippen molar-refractivity contribution in [1.82, 2.24) is 4.90 Å². The molecule has 14 heavy (non-hydrogen) atoms. The van der Waals surface area contributed by atoms with Gasteiger partial charge in [-0.05, 0) is 25.8 Å². The summed E-state index contributed by atoms with van der Waals surface area (Å²) < 4.78 is 29.1. The summed E-state index contributed by atoms with van der Waals surface area (Å²) in [5.41, 5.74) is 0. The van der Waals surface area contributed by atoms with E-state index in [0.29, 0.717) is 6.61 Å². The Kier molecular flexibility index (Phi) is 4.66.